The molecular formula is C17H19F2NO2. The van der Waals surface area contributed by atoms with E-state index in [1.807, 2.05) is 0 Å². The van der Waals surface area contributed by atoms with Crippen LogP contribution in [0.3, 0.4) is 0 Å². The number of aliphatic hydroxyl groups is 2. The molecule has 0 saturated carbocycles. The molecule has 0 radical (unpaired) electrons. The maximum absolute atomic E-state index is 13.8. The van der Waals surface area contributed by atoms with E-state index in [0.29, 0.717) is 17.5 Å². The normalized spacial score (nSPS) is 13.8. The zero-order chi connectivity index (χ0) is 15.9. The van der Waals surface area contributed by atoms with Crippen LogP contribution in [0.2, 0.25) is 0 Å². The topological polar surface area (TPSA) is 52.5 Å². The molecule has 0 fully saturated rings. The molecule has 2 atom stereocenters. The second-order valence-electron chi connectivity index (χ2n) is 5.06. The van der Waals surface area contributed by atoms with Crippen LogP contribution in [0.15, 0.2) is 48.5 Å². The maximum atomic E-state index is 13.8. The van der Waals surface area contributed by atoms with Crippen molar-refractivity contribution in [2.75, 3.05) is 13.2 Å². The first kappa shape index (κ1) is 16.5. The highest BCUT2D eigenvalue weighted by Gasteiger charge is 2.16. The Labute approximate surface area is 128 Å². The summed E-state index contributed by atoms with van der Waals surface area (Å²) in [5.41, 5.74) is 1.02. The minimum Gasteiger partial charge on any atom is -0.396 e. The van der Waals surface area contributed by atoms with Crippen molar-refractivity contribution in [1.82, 2.24) is 5.32 Å². The summed E-state index contributed by atoms with van der Waals surface area (Å²) in [5.74, 6) is -0.724. The van der Waals surface area contributed by atoms with Gasteiger partial charge in [-0.2, -0.15) is 0 Å². The first-order valence-electron chi connectivity index (χ1n) is 7.14. The van der Waals surface area contributed by atoms with Crippen molar-refractivity contribution in [3.63, 3.8) is 0 Å². The molecule has 0 amide bonds. The van der Waals surface area contributed by atoms with E-state index >= 15 is 0 Å². The van der Waals surface area contributed by atoms with E-state index in [2.05, 4.69) is 5.32 Å². The molecule has 5 heteroatoms. The SMILES string of the molecule is OCCC(NCC(O)c1ccc(F)cc1)c1ccccc1F. The second kappa shape index (κ2) is 7.98. The van der Waals surface area contributed by atoms with Crippen LogP contribution >= 0.6 is 0 Å². The molecule has 3 N–H and O–H groups in total. The van der Waals surface area contributed by atoms with E-state index in [1.54, 1.807) is 18.2 Å². The van der Waals surface area contributed by atoms with Gasteiger partial charge in [-0.1, -0.05) is 30.3 Å². The lowest BCUT2D eigenvalue weighted by atomic mass is 10.0. The van der Waals surface area contributed by atoms with Crippen LogP contribution in [0.5, 0.6) is 0 Å². The lowest BCUT2D eigenvalue weighted by Crippen LogP contribution is -2.28. The van der Waals surface area contributed by atoms with Crippen molar-refractivity contribution in [2.45, 2.75) is 18.6 Å². The zero-order valence-corrected chi connectivity index (χ0v) is 12.0. The molecule has 2 aromatic rings. The molecule has 0 aliphatic carbocycles. The Bertz CT molecular complexity index is 589. The molecule has 0 aliphatic rings. The Kier molecular flexibility index (Phi) is 6.00. The summed E-state index contributed by atoms with van der Waals surface area (Å²) in [6.45, 7) is 0.0727. The van der Waals surface area contributed by atoms with E-state index in [1.165, 1.54) is 30.3 Å². The molecular weight excluding hydrogens is 288 g/mol. The van der Waals surface area contributed by atoms with Gasteiger partial charge in [0.05, 0.1) is 6.10 Å². The number of rotatable bonds is 7. The molecule has 0 aliphatic heterocycles. The molecule has 22 heavy (non-hydrogen) atoms. The summed E-state index contributed by atoms with van der Waals surface area (Å²) in [4.78, 5) is 0. The molecule has 2 rings (SSSR count). The lowest BCUT2D eigenvalue weighted by Gasteiger charge is -2.21. The Hall–Kier alpha value is -1.82. The standard InChI is InChI=1S/C17H19F2NO2/c18-13-7-5-12(6-8-13)17(22)11-20-16(9-10-21)14-3-1-2-4-15(14)19/h1-8,16-17,20-22H,9-11H2. The lowest BCUT2D eigenvalue weighted by molar-refractivity contribution is 0.165. The Morgan fingerprint density at radius 3 is 2.32 bits per heavy atom. The highest BCUT2D eigenvalue weighted by atomic mass is 19.1. The van der Waals surface area contributed by atoms with Gasteiger partial charge in [-0.3, -0.25) is 0 Å². The van der Waals surface area contributed by atoms with Gasteiger partial charge in [0.15, 0.2) is 0 Å². The zero-order valence-electron chi connectivity index (χ0n) is 12.0. The average Bonchev–Trinajstić information content (AvgIpc) is 2.52. The number of aliphatic hydroxyl groups excluding tert-OH is 2. The molecule has 2 unspecified atom stereocenters. The van der Waals surface area contributed by atoms with Crippen LogP contribution in [-0.4, -0.2) is 23.4 Å². The number of hydrogen-bond acceptors (Lipinski definition) is 3. The Morgan fingerprint density at radius 1 is 1.00 bits per heavy atom. The fraction of sp³-hybridized carbons (Fsp3) is 0.294. The van der Waals surface area contributed by atoms with Gasteiger partial charge < -0.3 is 15.5 Å². The van der Waals surface area contributed by atoms with Gasteiger partial charge in [0.2, 0.25) is 0 Å². The summed E-state index contributed by atoms with van der Waals surface area (Å²) in [6.07, 6.45) is -0.509. The summed E-state index contributed by atoms with van der Waals surface area (Å²) >= 11 is 0. The van der Waals surface area contributed by atoms with E-state index in [0.717, 1.165) is 0 Å². The Balaban J connectivity index is 2.02. The fourth-order valence-corrected chi connectivity index (χ4v) is 2.31. The molecule has 3 nitrogen and oxygen atoms in total. The number of benzene rings is 2. The van der Waals surface area contributed by atoms with Gasteiger partial charge in [-0.15, -0.1) is 0 Å². The van der Waals surface area contributed by atoms with Gasteiger partial charge in [0, 0.05) is 24.8 Å². The predicted molar refractivity (Wildman–Crippen MR) is 80.2 cm³/mol. The van der Waals surface area contributed by atoms with Crippen molar-refractivity contribution < 1.29 is 19.0 Å². The van der Waals surface area contributed by atoms with Crippen LogP contribution in [0.4, 0.5) is 8.78 Å². The van der Waals surface area contributed by atoms with Crippen LogP contribution in [0, 0.1) is 11.6 Å². The van der Waals surface area contributed by atoms with Crippen LogP contribution in [0.1, 0.15) is 29.7 Å². The summed E-state index contributed by atoms with van der Waals surface area (Å²) in [5, 5.41) is 22.3. The monoisotopic (exact) mass is 307 g/mol. The molecule has 0 spiro atoms. The van der Waals surface area contributed by atoms with Crippen molar-refractivity contribution in [1.29, 1.82) is 0 Å². The van der Waals surface area contributed by atoms with Crippen molar-refractivity contribution >= 4 is 0 Å². The summed E-state index contributed by atoms with van der Waals surface area (Å²) in [7, 11) is 0. The number of halogens is 2. The van der Waals surface area contributed by atoms with Crippen LogP contribution < -0.4 is 5.32 Å². The third kappa shape index (κ3) is 4.34. The third-order valence-electron chi connectivity index (χ3n) is 3.51. The van der Waals surface area contributed by atoms with Crippen molar-refractivity contribution in [2.24, 2.45) is 0 Å². The molecule has 2 aromatic carbocycles. The van der Waals surface area contributed by atoms with Gasteiger partial charge in [0.25, 0.3) is 0 Å². The molecule has 0 heterocycles. The smallest absolute Gasteiger partial charge is 0.127 e. The van der Waals surface area contributed by atoms with E-state index in [-0.39, 0.29) is 24.8 Å². The number of nitrogens with one attached hydrogen (secondary N) is 1. The van der Waals surface area contributed by atoms with Crippen molar-refractivity contribution in [3.05, 3.63) is 71.3 Å². The molecule has 0 saturated heterocycles. The van der Waals surface area contributed by atoms with E-state index in [4.69, 9.17) is 5.11 Å². The predicted octanol–water partition coefficient (Wildman–Crippen LogP) is 2.71. The maximum Gasteiger partial charge on any atom is 0.127 e. The van der Waals surface area contributed by atoms with Gasteiger partial charge >= 0.3 is 0 Å². The summed E-state index contributed by atoms with van der Waals surface area (Å²) in [6, 6.07) is 11.5. The fourth-order valence-electron chi connectivity index (χ4n) is 2.31. The van der Waals surface area contributed by atoms with Gasteiger partial charge in [0.1, 0.15) is 11.6 Å². The minimum absolute atomic E-state index is 0.0986. The average molecular weight is 307 g/mol. The molecule has 0 bridgehead atoms. The minimum atomic E-state index is -0.839. The van der Waals surface area contributed by atoms with Crippen LogP contribution in [0.25, 0.3) is 0 Å². The first-order valence-corrected chi connectivity index (χ1v) is 7.14. The highest BCUT2D eigenvalue weighted by molar-refractivity contribution is 5.22. The summed E-state index contributed by atoms with van der Waals surface area (Å²) < 4.78 is 26.7. The highest BCUT2D eigenvalue weighted by Crippen LogP contribution is 2.21. The molecule has 0 aromatic heterocycles. The van der Waals surface area contributed by atoms with Gasteiger partial charge in [-0.25, -0.2) is 8.78 Å². The Morgan fingerprint density at radius 2 is 1.68 bits per heavy atom. The van der Waals surface area contributed by atoms with E-state index < -0.39 is 12.1 Å². The second-order valence-corrected chi connectivity index (χ2v) is 5.06. The molecule has 118 valence electrons. The first-order chi connectivity index (χ1) is 10.6. The quantitative estimate of drug-likeness (QED) is 0.737. The van der Waals surface area contributed by atoms with Crippen LogP contribution in [-0.2, 0) is 0 Å². The number of hydrogen-bond donors (Lipinski definition) is 3. The van der Waals surface area contributed by atoms with Gasteiger partial charge in [-0.05, 0) is 30.2 Å². The third-order valence-corrected chi connectivity index (χ3v) is 3.51. The largest absolute Gasteiger partial charge is 0.396 e. The van der Waals surface area contributed by atoms with E-state index in [9.17, 15) is 13.9 Å². The van der Waals surface area contributed by atoms with Crippen molar-refractivity contribution in [3.8, 4) is 0 Å².